The lowest BCUT2D eigenvalue weighted by Gasteiger charge is -2.04. The summed E-state index contributed by atoms with van der Waals surface area (Å²) >= 11 is 0. The average molecular weight is 357 g/mol. The van der Waals surface area contributed by atoms with Gasteiger partial charge in [-0.3, -0.25) is 9.89 Å². The molecule has 1 aromatic carbocycles. The van der Waals surface area contributed by atoms with Crippen molar-refractivity contribution >= 4 is 5.91 Å². The number of hydrogen-bond donors (Lipinski definition) is 2. The predicted molar refractivity (Wildman–Crippen MR) is 85.7 cm³/mol. The van der Waals surface area contributed by atoms with Gasteiger partial charge >= 0.3 is 0 Å². The highest BCUT2D eigenvalue weighted by molar-refractivity contribution is 5.91. The highest BCUT2D eigenvalue weighted by Gasteiger charge is 2.16. The molecular weight excluding hydrogens is 342 g/mol. The fourth-order valence-corrected chi connectivity index (χ4v) is 2.31. The molecule has 0 radical (unpaired) electrons. The molecule has 2 N–H and O–H groups in total. The fraction of sp³-hybridized carbons (Fsp3) is 0.250. The molecule has 0 atom stereocenters. The lowest BCUT2D eigenvalue weighted by Crippen LogP contribution is -2.23. The maximum absolute atomic E-state index is 12.1. The van der Waals surface area contributed by atoms with Crippen LogP contribution in [-0.2, 0) is 13.2 Å². The Hall–Kier alpha value is -3.56. The van der Waals surface area contributed by atoms with E-state index in [0.29, 0.717) is 28.9 Å². The van der Waals surface area contributed by atoms with Gasteiger partial charge in [-0.2, -0.15) is 5.10 Å². The lowest BCUT2D eigenvalue weighted by atomic mass is 10.3. The number of hydrogen-bond acceptors (Lipinski definition) is 8. The monoisotopic (exact) mass is 357 g/mol. The number of fused-ring (bicyclic) bond motifs is 1. The maximum atomic E-state index is 12.1. The zero-order valence-corrected chi connectivity index (χ0v) is 13.8. The van der Waals surface area contributed by atoms with Gasteiger partial charge in [-0.25, -0.2) is 9.97 Å². The number of benzene rings is 1. The first kappa shape index (κ1) is 15.9. The molecule has 3 heterocycles. The molecule has 0 bridgehead atoms. The van der Waals surface area contributed by atoms with E-state index in [-0.39, 0.29) is 37.4 Å². The predicted octanol–water partition coefficient (Wildman–Crippen LogP) is 1.34. The quantitative estimate of drug-likeness (QED) is 0.677. The van der Waals surface area contributed by atoms with Crippen molar-refractivity contribution in [1.29, 1.82) is 0 Å². The first-order chi connectivity index (χ1) is 12.7. The smallest absolute Gasteiger partial charge is 0.273 e. The summed E-state index contributed by atoms with van der Waals surface area (Å²) in [7, 11) is 0. The number of aromatic amines is 1. The van der Waals surface area contributed by atoms with E-state index in [1.807, 2.05) is 0 Å². The van der Waals surface area contributed by atoms with Crippen LogP contribution in [0.4, 0.5) is 0 Å². The summed E-state index contributed by atoms with van der Waals surface area (Å²) in [4.78, 5) is 20.3. The highest BCUT2D eigenvalue weighted by Crippen LogP contribution is 2.35. The van der Waals surface area contributed by atoms with Gasteiger partial charge in [-0.05, 0) is 19.1 Å². The SMILES string of the molecule is Cc1nc(CNC(=O)c2coc(COc3ccc4c(c3)OCO4)n2)n[nH]1. The van der Waals surface area contributed by atoms with E-state index < -0.39 is 0 Å². The van der Waals surface area contributed by atoms with Gasteiger partial charge in [0.15, 0.2) is 29.6 Å². The van der Waals surface area contributed by atoms with Gasteiger partial charge in [0.05, 0.1) is 6.54 Å². The van der Waals surface area contributed by atoms with Crippen molar-refractivity contribution in [2.24, 2.45) is 0 Å². The molecule has 1 aliphatic rings. The van der Waals surface area contributed by atoms with Gasteiger partial charge in [-0.1, -0.05) is 0 Å². The molecule has 10 nitrogen and oxygen atoms in total. The van der Waals surface area contributed by atoms with E-state index in [4.69, 9.17) is 18.6 Å². The fourth-order valence-electron chi connectivity index (χ4n) is 2.31. The Morgan fingerprint density at radius 1 is 1.31 bits per heavy atom. The van der Waals surface area contributed by atoms with Gasteiger partial charge in [-0.15, -0.1) is 0 Å². The summed E-state index contributed by atoms with van der Waals surface area (Å²) in [6.07, 6.45) is 1.27. The Balaban J connectivity index is 1.31. The summed E-state index contributed by atoms with van der Waals surface area (Å²) < 4.78 is 21.4. The van der Waals surface area contributed by atoms with Crippen molar-refractivity contribution in [2.75, 3.05) is 6.79 Å². The molecule has 0 aliphatic carbocycles. The Morgan fingerprint density at radius 2 is 2.19 bits per heavy atom. The molecule has 4 rings (SSSR count). The molecule has 134 valence electrons. The Labute approximate surface area is 147 Å². The van der Waals surface area contributed by atoms with Gasteiger partial charge in [0, 0.05) is 6.07 Å². The Bertz CT molecular complexity index is 935. The van der Waals surface area contributed by atoms with Gasteiger partial charge in [0.25, 0.3) is 5.91 Å². The van der Waals surface area contributed by atoms with Crippen LogP contribution in [0.25, 0.3) is 0 Å². The van der Waals surface area contributed by atoms with Crippen molar-refractivity contribution in [3.63, 3.8) is 0 Å². The topological polar surface area (TPSA) is 124 Å². The number of nitrogens with zero attached hydrogens (tertiary/aromatic N) is 3. The summed E-state index contributed by atoms with van der Waals surface area (Å²) in [5, 5.41) is 9.31. The summed E-state index contributed by atoms with van der Waals surface area (Å²) in [5.41, 5.74) is 0.154. The molecule has 0 unspecified atom stereocenters. The van der Waals surface area contributed by atoms with E-state index in [2.05, 4.69) is 25.5 Å². The number of amides is 1. The Morgan fingerprint density at radius 3 is 3.04 bits per heavy atom. The van der Waals surface area contributed by atoms with Crippen LogP contribution in [0, 0.1) is 6.92 Å². The minimum Gasteiger partial charge on any atom is -0.484 e. The number of carbonyl (C=O) groups is 1. The largest absolute Gasteiger partial charge is 0.484 e. The third-order valence-corrected chi connectivity index (χ3v) is 3.54. The Kier molecular flexibility index (Phi) is 4.14. The lowest BCUT2D eigenvalue weighted by molar-refractivity contribution is 0.0945. The van der Waals surface area contributed by atoms with Crippen LogP contribution < -0.4 is 19.5 Å². The summed E-state index contributed by atoms with van der Waals surface area (Å²) in [5.74, 6) is 2.95. The normalized spacial score (nSPS) is 12.2. The third-order valence-electron chi connectivity index (χ3n) is 3.54. The second-order valence-corrected chi connectivity index (χ2v) is 5.45. The van der Waals surface area contributed by atoms with Gasteiger partial charge in [0.2, 0.25) is 12.7 Å². The van der Waals surface area contributed by atoms with Crippen LogP contribution in [0.1, 0.15) is 28.0 Å². The molecule has 2 aromatic heterocycles. The third kappa shape index (κ3) is 3.43. The molecule has 0 fully saturated rings. The molecule has 3 aromatic rings. The number of aromatic nitrogens is 4. The van der Waals surface area contributed by atoms with E-state index in [1.165, 1.54) is 6.26 Å². The zero-order chi connectivity index (χ0) is 17.9. The van der Waals surface area contributed by atoms with E-state index in [9.17, 15) is 4.79 Å². The van der Waals surface area contributed by atoms with Crippen molar-refractivity contribution in [1.82, 2.24) is 25.5 Å². The van der Waals surface area contributed by atoms with Crippen molar-refractivity contribution < 1.29 is 23.4 Å². The molecule has 26 heavy (non-hydrogen) atoms. The first-order valence-corrected chi connectivity index (χ1v) is 7.80. The number of oxazole rings is 1. The first-order valence-electron chi connectivity index (χ1n) is 7.80. The molecular formula is C16H15N5O5. The average Bonchev–Trinajstić information content (AvgIpc) is 3.38. The summed E-state index contributed by atoms with van der Waals surface area (Å²) in [6.45, 7) is 2.25. The molecule has 10 heteroatoms. The number of nitrogens with one attached hydrogen (secondary N) is 2. The second kappa shape index (κ2) is 6.75. The standard InChI is InChI=1S/C16H15N5O5/c1-9-18-14(21-20-9)5-17-16(22)11-6-24-15(19-11)7-23-10-2-3-12-13(4-10)26-8-25-12/h2-4,6H,5,7-8H2,1H3,(H,17,22)(H,18,20,21). The molecule has 1 amide bonds. The maximum Gasteiger partial charge on any atom is 0.273 e. The van der Waals surface area contributed by atoms with Crippen LogP contribution in [0.2, 0.25) is 0 Å². The number of rotatable bonds is 6. The van der Waals surface area contributed by atoms with E-state index >= 15 is 0 Å². The van der Waals surface area contributed by atoms with Crippen LogP contribution in [0.15, 0.2) is 28.9 Å². The van der Waals surface area contributed by atoms with Crippen molar-refractivity contribution in [3.05, 3.63) is 47.7 Å². The molecule has 0 saturated carbocycles. The number of H-pyrrole nitrogens is 1. The van der Waals surface area contributed by atoms with Crippen LogP contribution in [-0.4, -0.2) is 32.9 Å². The van der Waals surface area contributed by atoms with Gasteiger partial charge in [0.1, 0.15) is 17.8 Å². The highest BCUT2D eigenvalue weighted by atomic mass is 16.7. The minimum absolute atomic E-state index is 0.0764. The van der Waals surface area contributed by atoms with Crippen LogP contribution >= 0.6 is 0 Å². The van der Waals surface area contributed by atoms with Gasteiger partial charge < -0.3 is 23.9 Å². The van der Waals surface area contributed by atoms with E-state index in [1.54, 1.807) is 25.1 Å². The van der Waals surface area contributed by atoms with Crippen molar-refractivity contribution in [3.8, 4) is 17.2 Å². The molecule has 0 saturated heterocycles. The number of carbonyl (C=O) groups excluding carboxylic acids is 1. The summed E-state index contributed by atoms with van der Waals surface area (Å²) in [6, 6.07) is 5.23. The molecule has 1 aliphatic heterocycles. The zero-order valence-electron chi connectivity index (χ0n) is 13.8. The van der Waals surface area contributed by atoms with Crippen LogP contribution in [0.3, 0.4) is 0 Å². The number of ether oxygens (including phenoxy) is 3. The number of aryl methyl sites for hydroxylation is 1. The van der Waals surface area contributed by atoms with Crippen molar-refractivity contribution in [2.45, 2.75) is 20.1 Å². The minimum atomic E-state index is -0.384. The molecule has 0 spiro atoms. The van der Waals surface area contributed by atoms with Crippen LogP contribution in [0.5, 0.6) is 17.2 Å². The van der Waals surface area contributed by atoms with E-state index in [0.717, 1.165) is 0 Å². The second-order valence-electron chi connectivity index (χ2n) is 5.45.